The van der Waals surface area contributed by atoms with Crippen LogP contribution in [0.15, 0.2) is 67.0 Å². The van der Waals surface area contributed by atoms with Crippen molar-refractivity contribution in [1.82, 2.24) is 9.78 Å². The van der Waals surface area contributed by atoms with Crippen molar-refractivity contribution in [3.05, 3.63) is 72.6 Å². The summed E-state index contributed by atoms with van der Waals surface area (Å²) in [6, 6.07) is 17.2. The summed E-state index contributed by atoms with van der Waals surface area (Å²) in [6.07, 6.45) is 3.66. The van der Waals surface area contributed by atoms with Crippen LogP contribution in [0.1, 0.15) is 5.56 Å². The van der Waals surface area contributed by atoms with Gasteiger partial charge in [0.1, 0.15) is 5.75 Å². The van der Waals surface area contributed by atoms with E-state index in [9.17, 15) is 5.11 Å². The van der Waals surface area contributed by atoms with Gasteiger partial charge in [-0.05, 0) is 30.3 Å². The van der Waals surface area contributed by atoms with Crippen molar-refractivity contribution in [2.45, 2.75) is 6.54 Å². The Morgan fingerprint density at radius 1 is 1.05 bits per heavy atom. The first kappa shape index (κ1) is 12.3. The molecule has 2 N–H and O–H groups in total. The maximum atomic E-state index is 9.74. The van der Waals surface area contributed by atoms with Gasteiger partial charge in [-0.2, -0.15) is 5.10 Å². The number of aromatic hydroxyl groups is 1. The number of anilines is 1. The van der Waals surface area contributed by atoms with Crippen LogP contribution in [0.5, 0.6) is 5.75 Å². The maximum Gasteiger partial charge on any atom is 0.120 e. The summed E-state index contributed by atoms with van der Waals surface area (Å²) in [5, 5.41) is 17.3. The second kappa shape index (κ2) is 5.48. The highest BCUT2D eigenvalue weighted by Crippen LogP contribution is 2.19. The summed E-state index contributed by atoms with van der Waals surface area (Å²) in [5.74, 6) is 0.309. The molecule has 0 aliphatic heterocycles. The van der Waals surface area contributed by atoms with Crippen LogP contribution in [0.3, 0.4) is 0 Å². The zero-order chi connectivity index (χ0) is 13.8. The van der Waals surface area contributed by atoms with Crippen LogP contribution >= 0.6 is 0 Å². The van der Waals surface area contributed by atoms with Crippen molar-refractivity contribution in [2.75, 3.05) is 5.32 Å². The van der Waals surface area contributed by atoms with Crippen LogP contribution < -0.4 is 5.32 Å². The molecule has 0 atom stereocenters. The van der Waals surface area contributed by atoms with Crippen molar-refractivity contribution < 1.29 is 5.11 Å². The third-order valence-electron chi connectivity index (χ3n) is 3.09. The molecule has 0 saturated heterocycles. The summed E-state index contributed by atoms with van der Waals surface area (Å²) in [7, 11) is 0. The Kier molecular flexibility index (Phi) is 3.37. The highest BCUT2D eigenvalue weighted by atomic mass is 16.3. The number of aromatic nitrogens is 2. The lowest BCUT2D eigenvalue weighted by molar-refractivity contribution is 0.469. The molecule has 0 unspecified atom stereocenters. The van der Waals surface area contributed by atoms with Gasteiger partial charge < -0.3 is 10.4 Å². The fraction of sp³-hybridized carbons (Fsp3) is 0.0625. The molecule has 0 aliphatic rings. The second-order valence-corrected chi connectivity index (χ2v) is 4.48. The number of hydrogen-bond acceptors (Lipinski definition) is 3. The highest BCUT2D eigenvalue weighted by Gasteiger charge is 2.01. The summed E-state index contributed by atoms with van der Waals surface area (Å²) in [5.41, 5.74) is 2.86. The van der Waals surface area contributed by atoms with E-state index in [-0.39, 0.29) is 0 Å². The predicted octanol–water partition coefficient (Wildman–Crippen LogP) is 3.19. The largest absolute Gasteiger partial charge is 0.508 e. The number of nitrogens with one attached hydrogen (secondary N) is 1. The van der Waals surface area contributed by atoms with E-state index in [0.717, 1.165) is 16.9 Å². The van der Waals surface area contributed by atoms with Crippen LogP contribution in [-0.4, -0.2) is 14.9 Å². The smallest absolute Gasteiger partial charge is 0.120 e. The minimum absolute atomic E-state index is 0.309. The van der Waals surface area contributed by atoms with Crippen LogP contribution in [0.2, 0.25) is 0 Å². The van der Waals surface area contributed by atoms with Gasteiger partial charge in [-0.1, -0.05) is 24.3 Å². The lowest BCUT2D eigenvalue weighted by Gasteiger charge is -2.09. The number of para-hydroxylation sites is 1. The van der Waals surface area contributed by atoms with Crippen LogP contribution in [0.4, 0.5) is 5.69 Å². The van der Waals surface area contributed by atoms with E-state index in [1.807, 2.05) is 59.4 Å². The van der Waals surface area contributed by atoms with Crippen molar-refractivity contribution in [2.24, 2.45) is 0 Å². The molecule has 0 spiro atoms. The third-order valence-corrected chi connectivity index (χ3v) is 3.09. The molecule has 0 radical (unpaired) electrons. The first-order valence-corrected chi connectivity index (χ1v) is 6.44. The van der Waals surface area contributed by atoms with Gasteiger partial charge in [0.2, 0.25) is 0 Å². The molecule has 3 rings (SSSR count). The van der Waals surface area contributed by atoms with Crippen LogP contribution in [0.25, 0.3) is 5.69 Å². The first-order chi connectivity index (χ1) is 9.83. The number of phenols is 1. The molecular weight excluding hydrogens is 250 g/mol. The van der Waals surface area contributed by atoms with Crippen molar-refractivity contribution in [1.29, 1.82) is 0 Å². The zero-order valence-corrected chi connectivity index (χ0v) is 10.9. The van der Waals surface area contributed by atoms with Gasteiger partial charge in [0.05, 0.1) is 5.69 Å². The zero-order valence-electron chi connectivity index (χ0n) is 10.9. The molecule has 1 aromatic heterocycles. The molecule has 0 aliphatic carbocycles. The van der Waals surface area contributed by atoms with Crippen molar-refractivity contribution >= 4 is 5.69 Å². The van der Waals surface area contributed by atoms with E-state index in [0.29, 0.717) is 12.3 Å². The molecular formula is C16H15N3O. The van der Waals surface area contributed by atoms with E-state index in [2.05, 4.69) is 10.4 Å². The van der Waals surface area contributed by atoms with E-state index in [4.69, 9.17) is 0 Å². The summed E-state index contributed by atoms with van der Waals surface area (Å²) < 4.78 is 1.81. The number of rotatable bonds is 4. The lowest BCUT2D eigenvalue weighted by Crippen LogP contribution is -2.01. The number of hydrogen-bond donors (Lipinski definition) is 2. The predicted molar refractivity (Wildman–Crippen MR) is 79.0 cm³/mol. The summed E-state index contributed by atoms with van der Waals surface area (Å²) in [4.78, 5) is 0. The molecule has 4 heteroatoms. The van der Waals surface area contributed by atoms with Crippen molar-refractivity contribution in [3.63, 3.8) is 0 Å². The molecule has 1 heterocycles. The molecule has 2 aromatic carbocycles. The normalized spacial score (nSPS) is 10.4. The number of nitrogens with zero attached hydrogens (tertiary/aromatic N) is 2. The standard InChI is InChI=1S/C16H15N3O/c20-16-8-2-1-5-13(16)12-17-14-6-3-7-15(11-14)19-10-4-9-18-19/h1-11,17,20H,12H2. The average Bonchev–Trinajstić information content (AvgIpc) is 3.01. The van der Waals surface area contributed by atoms with Crippen molar-refractivity contribution in [3.8, 4) is 11.4 Å². The number of phenolic OH excluding ortho intramolecular Hbond substituents is 1. The van der Waals surface area contributed by atoms with E-state index < -0.39 is 0 Å². The van der Waals surface area contributed by atoms with Crippen LogP contribution in [0, 0.1) is 0 Å². The molecule has 20 heavy (non-hydrogen) atoms. The minimum Gasteiger partial charge on any atom is -0.508 e. The summed E-state index contributed by atoms with van der Waals surface area (Å²) >= 11 is 0. The van der Waals surface area contributed by atoms with E-state index >= 15 is 0 Å². The Morgan fingerprint density at radius 3 is 2.75 bits per heavy atom. The topological polar surface area (TPSA) is 50.1 Å². The Morgan fingerprint density at radius 2 is 1.95 bits per heavy atom. The van der Waals surface area contributed by atoms with Gasteiger partial charge in [0.25, 0.3) is 0 Å². The fourth-order valence-corrected chi connectivity index (χ4v) is 2.04. The van der Waals surface area contributed by atoms with Gasteiger partial charge in [0, 0.05) is 30.2 Å². The van der Waals surface area contributed by atoms with E-state index in [1.165, 1.54) is 0 Å². The Labute approximate surface area is 117 Å². The maximum absolute atomic E-state index is 9.74. The Bertz CT molecular complexity index is 692. The molecule has 0 saturated carbocycles. The molecule has 0 amide bonds. The van der Waals surface area contributed by atoms with Crippen LogP contribution in [-0.2, 0) is 6.54 Å². The highest BCUT2D eigenvalue weighted by molar-refractivity contribution is 5.51. The van der Waals surface area contributed by atoms with Gasteiger partial charge in [-0.15, -0.1) is 0 Å². The minimum atomic E-state index is 0.309. The quantitative estimate of drug-likeness (QED) is 0.761. The molecule has 0 fully saturated rings. The van der Waals surface area contributed by atoms with Gasteiger partial charge >= 0.3 is 0 Å². The first-order valence-electron chi connectivity index (χ1n) is 6.44. The van der Waals surface area contributed by atoms with Gasteiger partial charge in [0.15, 0.2) is 0 Å². The Balaban J connectivity index is 1.75. The molecule has 100 valence electrons. The molecule has 0 bridgehead atoms. The fourth-order valence-electron chi connectivity index (χ4n) is 2.04. The Hall–Kier alpha value is -2.75. The van der Waals surface area contributed by atoms with Gasteiger partial charge in [-0.25, -0.2) is 4.68 Å². The van der Waals surface area contributed by atoms with E-state index in [1.54, 1.807) is 12.3 Å². The molecule has 3 aromatic rings. The molecule has 4 nitrogen and oxygen atoms in total. The van der Waals surface area contributed by atoms with Gasteiger partial charge in [-0.3, -0.25) is 0 Å². The third kappa shape index (κ3) is 2.64. The second-order valence-electron chi connectivity index (χ2n) is 4.48. The summed E-state index contributed by atoms with van der Waals surface area (Å²) in [6.45, 7) is 0.579. The monoisotopic (exact) mass is 265 g/mol. The number of benzene rings is 2. The SMILES string of the molecule is Oc1ccccc1CNc1cccc(-n2cccn2)c1. The lowest BCUT2D eigenvalue weighted by atomic mass is 10.2. The average molecular weight is 265 g/mol.